The number of rotatable bonds is 4. The maximum absolute atomic E-state index is 13.0. The molecule has 0 spiro atoms. The van der Waals surface area contributed by atoms with Gasteiger partial charge in [0.1, 0.15) is 10.9 Å². The minimum atomic E-state index is -3.69. The molecule has 3 amide bonds. The third kappa shape index (κ3) is 3.27. The number of aromatic nitrogens is 1. The quantitative estimate of drug-likeness (QED) is 0.660. The highest BCUT2D eigenvalue weighted by molar-refractivity contribution is 7.89. The Labute approximate surface area is 174 Å². The molecular formula is C20H20N4O5S. The standard InChI is InChI=1S/C20H20N4O5S/c1-14(24-19(26)16-6-2-3-7-17(16)20(24)27)18(25)22-9-11-23(12-10-22)30(28,29)15-5-4-8-21-13-15/h2-8,13-14H,9-12H2,1H3. The number of carbonyl (C=O) groups is 3. The number of piperazine rings is 1. The highest BCUT2D eigenvalue weighted by atomic mass is 32.2. The molecule has 0 saturated carbocycles. The van der Waals surface area contributed by atoms with E-state index in [0.29, 0.717) is 0 Å². The van der Waals surface area contributed by atoms with Gasteiger partial charge < -0.3 is 4.90 Å². The zero-order chi connectivity index (χ0) is 21.5. The van der Waals surface area contributed by atoms with Gasteiger partial charge in [0, 0.05) is 38.6 Å². The van der Waals surface area contributed by atoms with Gasteiger partial charge in [0.05, 0.1) is 11.1 Å². The van der Waals surface area contributed by atoms with Crippen LogP contribution in [0.25, 0.3) is 0 Å². The Morgan fingerprint density at radius 3 is 2.10 bits per heavy atom. The molecule has 10 heteroatoms. The van der Waals surface area contributed by atoms with Crippen LogP contribution >= 0.6 is 0 Å². The van der Waals surface area contributed by atoms with Gasteiger partial charge in [-0.3, -0.25) is 24.3 Å². The number of benzene rings is 1. The second kappa shape index (κ2) is 7.62. The normalized spacial score (nSPS) is 18.4. The first-order valence-corrected chi connectivity index (χ1v) is 10.9. The van der Waals surface area contributed by atoms with Crippen LogP contribution in [0, 0.1) is 0 Å². The Bertz CT molecular complexity index is 1080. The highest BCUT2D eigenvalue weighted by Gasteiger charge is 2.42. The summed E-state index contributed by atoms with van der Waals surface area (Å²) in [5.74, 6) is -1.37. The molecule has 0 bridgehead atoms. The van der Waals surface area contributed by atoms with Gasteiger partial charge in [0.25, 0.3) is 11.8 Å². The number of fused-ring (bicyclic) bond motifs is 1. The Hall–Kier alpha value is -3.11. The van der Waals surface area contributed by atoms with E-state index in [9.17, 15) is 22.8 Å². The SMILES string of the molecule is CC(C(=O)N1CCN(S(=O)(=O)c2cccnc2)CC1)N1C(=O)c2ccccc2C1=O. The maximum atomic E-state index is 13.0. The smallest absolute Gasteiger partial charge is 0.262 e. The second-order valence-corrected chi connectivity index (χ2v) is 9.06. The van der Waals surface area contributed by atoms with E-state index in [-0.39, 0.29) is 48.1 Å². The lowest BCUT2D eigenvalue weighted by atomic mass is 10.1. The molecule has 1 unspecified atom stereocenters. The Morgan fingerprint density at radius 2 is 1.57 bits per heavy atom. The highest BCUT2D eigenvalue weighted by Crippen LogP contribution is 2.25. The summed E-state index contributed by atoms with van der Waals surface area (Å²) in [6.45, 7) is 2.11. The van der Waals surface area contributed by atoms with Crippen molar-refractivity contribution in [3.8, 4) is 0 Å². The number of amides is 3. The third-order valence-corrected chi connectivity index (χ3v) is 7.27. The molecule has 0 radical (unpaired) electrons. The average Bonchev–Trinajstić information content (AvgIpc) is 3.04. The van der Waals surface area contributed by atoms with Crippen molar-refractivity contribution < 1.29 is 22.8 Å². The Morgan fingerprint density at radius 1 is 0.967 bits per heavy atom. The number of pyridine rings is 1. The van der Waals surface area contributed by atoms with E-state index in [4.69, 9.17) is 0 Å². The summed E-state index contributed by atoms with van der Waals surface area (Å²) in [7, 11) is -3.69. The predicted octanol–water partition coefficient (Wildman–Crippen LogP) is 0.599. The molecule has 156 valence electrons. The fourth-order valence-corrected chi connectivity index (χ4v) is 5.12. The third-order valence-electron chi connectivity index (χ3n) is 5.39. The van der Waals surface area contributed by atoms with E-state index in [2.05, 4.69) is 4.98 Å². The van der Waals surface area contributed by atoms with Crippen molar-refractivity contribution in [2.24, 2.45) is 0 Å². The molecule has 2 aromatic rings. The van der Waals surface area contributed by atoms with Crippen molar-refractivity contribution in [2.45, 2.75) is 17.9 Å². The summed E-state index contributed by atoms with van der Waals surface area (Å²) in [5.41, 5.74) is 0.573. The predicted molar refractivity (Wildman–Crippen MR) is 106 cm³/mol. The van der Waals surface area contributed by atoms with Crippen LogP contribution in [0.4, 0.5) is 0 Å². The maximum Gasteiger partial charge on any atom is 0.262 e. The van der Waals surface area contributed by atoms with Crippen molar-refractivity contribution in [2.75, 3.05) is 26.2 Å². The molecule has 9 nitrogen and oxygen atoms in total. The number of hydrogen-bond donors (Lipinski definition) is 0. The second-order valence-electron chi connectivity index (χ2n) is 7.12. The average molecular weight is 428 g/mol. The zero-order valence-electron chi connectivity index (χ0n) is 16.3. The van der Waals surface area contributed by atoms with Gasteiger partial charge >= 0.3 is 0 Å². The molecular weight excluding hydrogens is 408 g/mol. The van der Waals surface area contributed by atoms with E-state index in [1.807, 2.05) is 0 Å². The molecule has 4 rings (SSSR count). The van der Waals surface area contributed by atoms with Gasteiger partial charge in [-0.1, -0.05) is 12.1 Å². The summed E-state index contributed by atoms with van der Waals surface area (Å²) < 4.78 is 26.7. The van der Waals surface area contributed by atoms with Crippen LogP contribution in [0.3, 0.4) is 0 Å². The molecule has 2 aliphatic rings. The molecule has 1 aromatic carbocycles. The molecule has 30 heavy (non-hydrogen) atoms. The van der Waals surface area contributed by atoms with Crippen LogP contribution in [-0.2, 0) is 14.8 Å². The first-order chi connectivity index (χ1) is 14.3. The molecule has 3 heterocycles. The number of hydrogen-bond acceptors (Lipinski definition) is 6. The van der Waals surface area contributed by atoms with Gasteiger partial charge in [-0.2, -0.15) is 4.31 Å². The van der Waals surface area contributed by atoms with E-state index < -0.39 is 27.9 Å². The number of nitrogens with zero attached hydrogens (tertiary/aromatic N) is 4. The van der Waals surface area contributed by atoms with Gasteiger partial charge in [0.2, 0.25) is 15.9 Å². The van der Waals surface area contributed by atoms with E-state index in [1.165, 1.54) is 34.6 Å². The van der Waals surface area contributed by atoms with Crippen LogP contribution in [0.15, 0.2) is 53.7 Å². The van der Waals surface area contributed by atoms with Crippen LogP contribution in [-0.4, -0.2) is 77.4 Å². The summed E-state index contributed by atoms with van der Waals surface area (Å²) in [4.78, 5) is 44.6. The van der Waals surface area contributed by atoms with Gasteiger partial charge in [-0.05, 0) is 31.2 Å². The molecule has 1 fully saturated rings. The summed E-state index contributed by atoms with van der Waals surface area (Å²) in [6.07, 6.45) is 2.79. The molecule has 0 aliphatic carbocycles. The largest absolute Gasteiger partial charge is 0.338 e. The van der Waals surface area contributed by atoms with Crippen LogP contribution in [0.2, 0.25) is 0 Å². The number of imide groups is 1. The van der Waals surface area contributed by atoms with Crippen molar-refractivity contribution in [3.05, 3.63) is 59.9 Å². The molecule has 1 saturated heterocycles. The Kier molecular flexibility index (Phi) is 5.12. The van der Waals surface area contributed by atoms with E-state index in [1.54, 1.807) is 30.3 Å². The Balaban J connectivity index is 1.44. The fraction of sp³-hybridized carbons (Fsp3) is 0.300. The summed E-state index contributed by atoms with van der Waals surface area (Å²) >= 11 is 0. The molecule has 2 aliphatic heterocycles. The first kappa shape index (κ1) is 20.2. The van der Waals surface area contributed by atoms with Crippen LogP contribution < -0.4 is 0 Å². The lowest BCUT2D eigenvalue weighted by Crippen LogP contribution is -2.55. The van der Waals surface area contributed by atoms with Crippen molar-refractivity contribution in [3.63, 3.8) is 0 Å². The zero-order valence-corrected chi connectivity index (χ0v) is 17.1. The topological polar surface area (TPSA) is 108 Å². The molecule has 1 atom stereocenters. The summed E-state index contributed by atoms with van der Waals surface area (Å²) in [6, 6.07) is 8.52. The van der Waals surface area contributed by atoms with Crippen molar-refractivity contribution in [1.82, 2.24) is 19.1 Å². The first-order valence-electron chi connectivity index (χ1n) is 9.48. The van der Waals surface area contributed by atoms with E-state index in [0.717, 1.165) is 4.90 Å². The number of carbonyl (C=O) groups excluding carboxylic acids is 3. The van der Waals surface area contributed by atoms with E-state index >= 15 is 0 Å². The lowest BCUT2D eigenvalue weighted by Gasteiger charge is -2.36. The van der Waals surface area contributed by atoms with Crippen LogP contribution in [0.1, 0.15) is 27.6 Å². The minimum Gasteiger partial charge on any atom is -0.338 e. The van der Waals surface area contributed by atoms with Gasteiger partial charge in [0.15, 0.2) is 0 Å². The van der Waals surface area contributed by atoms with Crippen molar-refractivity contribution >= 4 is 27.7 Å². The molecule has 0 N–H and O–H groups in total. The fourth-order valence-electron chi connectivity index (χ4n) is 3.73. The van der Waals surface area contributed by atoms with Gasteiger partial charge in [-0.25, -0.2) is 8.42 Å². The van der Waals surface area contributed by atoms with Crippen molar-refractivity contribution in [1.29, 1.82) is 0 Å². The minimum absolute atomic E-state index is 0.101. The van der Waals surface area contributed by atoms with Gasteiger partial charge in [-0.15, -0.1) is 0 Å². The number of sulfonamides is 1. The monoisotopic (exact) mass is 428 g/mol. The molecule has 1 aromatic heterocycles. The summed E-state index contributed by atoms with van der Waals surface area (Å²) in [5, 5.41) is 0. The van der Waals surface area contributed by atoms with Crippen LogP contribution in [0.5, 0.6) is 0 Å². The lowest BCUT2D eigenvalue weighted by molar-refractivity contribution is -0.136.